The number of nitrogens with one attached hydrogen (secondary N) is 1. The summed E-state index contributed by atoms with van der Waals surface area (Å²) in [5.74, 6) is 1.03. The lowest BCUT2D eigenvalue weighted by Crippen LogP contribution is -2.49. The molecule has 0 bridgehead atoms. The number of benzene rings is 1. The molecule has 21 heavy (non-hydrogen) atoms. The van der Waals surface area contributed by atoms with Crippen LogP contribution in [0.2, 0.25) is 0 Å². The Morgan fingerprint density at radius 2 is 2.14 bits per heavy atom. The summed E-state index contributed by atoms with van der Waals surface area (Å²) in [6.45, 7) is 5.88. The molecule has 0 spiro atoms. The van der Waals surface area contributed by atoms with Gasteiger partial charge >= 0.3 is 0 Å². The first-order chi connectivity index (χ1) is 9.99. The molecule has 116 valence electrons. The highest BCUT2D eigenvalue weighted by molar-refractivity contribution is 5.83. The molecule has 1 aliphatic rings. The monoisotopic (exact) mass is 290 g/mol. The number of nitrogens with zero attached hydrogens (tertiary/aromatic N) is 1. The Kier molecular flexibility index (Phi) is 4.88. The highest BCUT2D eigenvalue weighted by Gasteiger charge is 2.38. The first-order valence-electron chi connectivity index (χ1n) is 7.60. The molecule has 1 aromatic rings. The van der Waals surface area contributed by atoms with Crippen LogP contribution in [0.15, 0.2) is 24.3 Å². The number of hydrogen-bond acceptors (Lipinski definition) is 3. The van der Waals surface area contributed by atoms with Crippen molar-refractivity contribution in [2.24, 2.45) is 5.41 Å². The van der Waals surface area contributed by atoms with Gasteiger partial charge in [-0.3, -0.25) is 4.79 Å². The lowest BCUT2D eigenvalue weighted by molar-refractivity contribution is -0.142. The second-order valence-corrected chi connectivity index (χ2v) is 6.17. The molecule has 1 aromatic carbocycles. The summed E-state index contributed by atoms with van der Waals surface area (Å²) in [5, 5.41) is 3.34. The van der Waals surface area contributed by atoms with Crippen LogP contribution in [-0.2, 0) is 4.79 Å². The van der Waals surface area contributed by atoms with Crippen LogP contribution < -0.4 is 10.1 Å². The Morgan fingerprint density at radius 1 is 1.43 bits per heavy atom. The number of carbonyl (C=O) groups excluding carboxylic acids is 1. The zero-order valence-electron chi connectivity index (χ0n) is 13.5. The molecule has 1 amide bonds. The van der Waals surface area contributed by atoms with Crippen molar-refractivity contribution < 1.29 is 9.53 Å². The van der Waals surface area contributed by atoms with E-state index in [-0.39, 0.29) is 17.4 Å². The first kappa shape index (κ1) is 15.8. The van der Waals surface area contributed by atoms with Crippen LogP contribution in [0.5, 0.6) is 5.75 Å². The molecule has 4 heteroatoms. The summed E-state index contributed by atoms with van der Waals surface area (Å²) in [4.78, 5) is 14.7. The summed E-state index contributed by atoms with van der Waals surface area (Å²) in [5.41, 5.74) is 0.742. The number of piperidine rings is 1. The molecular formula is C17H26N2O2. The third kappa shape index (κ3) is 3.21. The molecule has 2 rings (SSSR count). The highest BCUT2D eigenvalue weighted by atomic mass is 16.5. The van der Waals surface area contributed by atoms with E-state index >= 15 is 0 Å². The fourth-order valence-electron chi connectivity index (χ4n) is 3.06. The largest absolute Gasteiger partial charge is 0.496 e. The van der Waals surface area contributed by atoms with Crippen molar-refractivity contribution in [3.63, 3.8) is 0 Å². The molecule has 2 unspecified atom stereocenters. The molecule has 1 saturated heterocycles. The number of amides is 1. The fraction of sp³-hybridized carbons (Fsp3) is 0.588. The molecule has 0 saturated carbocycles. The smallest absolute Gasteiger partial charge is 0.230 e. The Bertz CT molecular complexity index is 495. The van der Waals surface area contributed by atoms with Crippen molar-refractivity contribution in [1.29, 1.82) is 0 Å². The van der Waals surface area contributed by atoms with Crippen molar-refractivity contribution in [2.45, 2.75) is 32.7 Å². The quantitative estimate of drug-likeness (QED) is 0.927. The van der Waals surface area contributed by atoms with Gasteiger partial charge in [-0.2, -0.15) is 0 Å². The molecule has 0 aromatic heterocycles. The predicted molar refractivity (Wildman–Crippen MR) is 84.4 cm³/mol. The second-order valence-electron chi connectivity index (χ2n) is 6.17. The van der Waals surface area contributed by atoms with Crippen LogP contribution >= 0.6 is 0 Å². The number of methoxy groups -OCH3 is 1. The van der Waals surface area contributed by atoms with Crippen LogP contribution in [0.3, 0.4) is 0 Å². The zero-order chi connectivity index (χ0) is 15.5. The number of ether oxygens (including phenoxy) is 1. The molecule has 1 fully saturated rings. The van der Waals surface area contributed by atoms with Gasteiger partial charge in [0, 0.05) is 19.2 Å². The van der Waals surface area contributed by atoms with E-state index < -0.39 is 0 Å². The maximum Gasteiger partial charge on any atom is 0.230 e. The van der Waals surface area contributed by atoms with Crippen molar-refractivity contribution >= 4 is 5.91 Å². The Labute approximate surface area is 127 Å². The molecule has 4 nitrogen and oxygen atoms in total. The Morgan fingerprint density at radius 3 is 2.76 bits per heavy atom. The van der Waals surface area contributed by atoms with Gasteiger partial charge in [0.15, 0.2) is 0 Å². The number of para-hydroxylation sites is 1. The predicted octanol–water partition coefficient (Wildman–Crippen LogP) is 2.60. The standard InChI is InChI=1S/C17H26N2O2/c1-13(14-8-5-6-9-15(14)21-4)19(3)16(20)17(2)10-7-11-18-12-17/h5-6,8-9,13,18H,7,10-12H2,1-4H3. The SMILES string of the molecule is COc1ccccc1C(C)N(C)C(=O)C1(C)CCCNC1. The lowest BCUT2D eigenvalue weighted by Gasteiger charge is -2.38. The van der Waals surface area contributed by atoms with Crippen LogP contribution in [0.4, 0.5) is 0 Å². The summed E-state index contributed by atoms with van der Waals surface area (Å²) in [6, 6.07) is 7.88. The number of rotatable bonds is 4. The Hall–Kier alpha value is -1.55. The number of carbonyl (C=O) groups is 1. The molecule has 1 N–H and O–H groups in total. The van der Waals surface area contributed by atoms with Gasteiger partial charge in [-0.1, -0.05) is 18.2 Å². The van der Waals surface area contributed by atoms with E-state index in [1.807, 2.05) is 36.2 Å². The molecule has 0 radical (unpaired) electrons. The third-order valence-corrected chi connectivity index (χ3v) is 4.60. The van der Waals surface area contributed by atoms with E-state index in [0.29, 0.717) is 0 Å². The lowest BCUT2D eigenvalue weighted by atomic mass is 9.81. The molecule has 1 aliphatic heterocycles. The fourth-order valence-corrected chi connectivity index (χ4v) is 3.06. The van der Waals surface area contributed by atoms with E-state index in [1.54, 1.807) is 7.11 Å². The summed E-state index contributed by atoms with van der Waals surface area (Å²) >= 11 is 0. The van der Waals surface area contributed by atoms with Gasteiger partial charge in [-0.05, 0) is 39.3 Å². The van der Waals surface area contributed by atoms with Gasteiger partial charge in [-0.25, -0.2) is 0 Å². The second kappa shape index (κ2) is 6.48. The van der Waals surface area contributed by atoms with E-state index in [2.05, 4.69) is 19.2 Å². The summed E-state index contributed by atoms with van der Waals surface area (Å²) in [7, 11) is 3.55. The van der Waals surface area contributed by atoms with Gasteiger partial charge in [-0.15, -0.1) is 0 Å². The summed E-state index contributed by atoms with van der Waals surface area (Å²) < 4.78 is 5.42. The van der Waals surface area contributed by atoms with Gasteiger partial charge in [0.05, 0.1) is 18.6 Å². The van der Waals surface area contributed by atoms with Crippen LogP contribution in [0.25, 0.3) is 0 Å². The van der Waals surface area contributed by atoms with Crippen molar-refractivity contribution in [2.75, 3.05) is 27.2 Å². The van der Waals surface area contributed by atoms with E-state index in [0.717, 1.165) is 37.2 Å². The van der Waals surface area contributed by atoms with Gasteiger partial charge in [0.25, 0.3) is 0 Å². The average Bonchev–Trinajstić information content (AvgIpc) is 2.53. The van der Waals surface area contributed by atoms with E-state index in [9.17, 15) is 4.79 Å². The van der Waals surface area contributed by atoms with Crippen LogP contribution in [-0.4, -0.2) is 38.1 Å². The minimum Gasteiger partial charge on any atom is -0.496 e. The van der Waals surface area contributed by atoms with E-state index in [1.165, 1.54) is 0 Å². The highest BCUT2D eigenvalue weighted by Crippen LogP contribution is 2.33. The van der Waals surface area contributed by atoms with Gasteiger partial charge in [0.1, 0.15) is 5.75 Å². The maximum atomic E-state index is 12.9. The van der Waals surface area contributed by atoms with Crippen LogP contribution in [0, 0.1) is 5.41 Å². The average molecular weight is 290 g/mol. The first-order valence-corrected chi connectivity index (χ1v) is 7.60. The topological polar surface area (TPSA) is 41.6 Å². The molecule has 2 atom stereocenters. The van der Waals surface area contributed by atoms with Crippen molar-refractivity contribution in [3.8, 4) is 5.75 Å². The van der Waals surface area contributed by atoms with Crippen LogP contribution in [0.1, 0.15) is 38.3 Å². The third-order valence-electron chi connectivity index (χ3n) is 4.60. The summed E-state index contributed by atoms with van der Waals surface area (Å²) in [6.07, 6.45) is 2.00. The van der Waals surface area contributed by atoms with Gasteiger partial charge in [0.2, 0.25) is 5.91 Å². The van der Waals surface area contributed by atoms with Crippen molar-refractivity contribution in [1.82, 2.24) is 10.2 Å². The van der Waals surface area contributed by atoms with Crippen molar-refractivity contribution in [3.05, 3.63) is 29.8 Å². The normalized spacial score (nSPS) is 23.4. The minimum atomic E-state index is -0.302. The number of hydrogen-bond donors (Lipinski definition) is 1. The van der Waals surface area contributed by atoms with E-state index in [4.69, 9.17) is 4.74 Å². The molecular weight excluding hydrogens is 264 g/mol. The molecule has 1 heterocycles. The zero-order valence-corrected chi connectivity index (χ0v) is 13.5. The van der Waals surface area contributed by atoms with Gasteiger partial charge < -0.3 is 15.0 Å². The minimum absolute atomic E-state index is 0.00704. The maximum absolute atomic E-state index is 12.9. The molecule has 0 aliphatic carbocycles. The Balaban J connectivity index is 2.18.